The van der Waals surface area contributed by atoms with Crippen molar-refractivity contribution in [2.75, 3.05) is 25.6 Å². The van der Waals surface area contributed by atoms with Gasteiger partial charge >= 0.3 is 0 Å². The number of anilines is 1. The Bertz CT molecular complexity index is 906. The summed E-state index contributed by atoms with van der Waals surface area (Å²) in [6.07, 6.45) is 2.76. The number of hydrogen-bond donors (Lipinski definition) is 3. The fourth-order valence-corrected chi connectivity index (χ4v) is 3.28. The van der Waals surface area contributed by atoms with Crippen LogP contribution in [0.25, 0.3) is 0 Å². The van der Waals surface area contributed by atoms with Crippen LogP contribution < -0.4 is 10.1 Å². The molecular weight excluding hydrogens is 434 g/mol. The van der Waals surface area contributed by atoms with Gasteiger partial charge in [-0.15, -0.1) is 0 Å². The van der Waals surface area contributed by atoms with Crippen LogP contribution in [-0.2, 0) is 15.1 Å². The zero-order chi connectivity index (χ0) is 25.2. The Morgan fingerprint density at radius 1 is 1.33 bits per heavy atom. The van der Waals surface area contributed by atoms with Gasteiger partial charge in [0.15, 0.2) is 11.6 Å². The molecule has 7 nitrogen and oxygen atoms in total. The van der Waals surface area contributed by atoms with Crippen LogP contribution in [0.15, 0.2) is 30.5 Å². The number of aliphatic hydroxyl groups is 2. The van der Waals surface area contributed by atoms with Crippen molar-refractivity contribution in [3.05, 3.63) is 53.4 Å². The van der Waals surface area contributed by atoms with Gasteiger partial charge in [-0.25, -0.2) is 4.39 Å². The van der Waals surface area contributed by atoms with Crippen LogP contribution in [0, 0.1) is 11.6 Å². The van der Waals surface area contributed by atoms with Crippen molar-refractivity contribution in [2.24, 2.45) is 0 Å². The first-order chi connectivity index (χ1) is 15.5. The number of methoxy groups -OCH3 is 1. The highest BCUT2D eigenvalue weighted by Gasteiger charge is 2.35. The number of nitrogens with zero attached hydrogens (tertiary/aromatic N) is 1. The largest absolute Gasteiger partial charge is 0.493 e. The third kappa shape index (κ3) is 7.73. The van der Waals surface area contributed by atoms with Gasteiger partial charge < -0.3 is 25.0 Å². The third-order valence-electron chi connectivity index (χ3n) is 4.98. The normalized spacial score (nSPS) is 18.1. The van der Waals surface area contributed by atoms with Gasteiger partial charge in [-0.1, -0.05) is 19.9 Å². The second-order valence-corrected chi connectivity index (χ2v) is 8.08. The second-order valence-electron chi connectivity index (χ2n) is 8.08. The van der Waals surface area contributed by atoms with Gasteiger partial charge in [0.05, 0.1) is 31.6 Å². The highest BCUT2D eigenvalue weighted by Crippen LogP contribution is 2.40. The highest BCUT2D eigenvalue weighted by atomic mass is 19.2. The molecule has 2 heterocycles. The molecule has 1 aromatic heterocycles. The van der Waals surface area contributed by atoms with Gasteiger partial charge in [0.25, 0.3) is 0 Å². The average molecular weight is 469 g/mol. The van der Waals surface area contributed by atoms with Gasteiger partial charge in [0.1, 0.15) is 5.60 Å². The maximum absolute atomic E-state index is 13.6. The Labute approximate surface area is 193 Å². The molecule has 0 radical (unpaired) electrons. The number of carbonyl (C=O) groups excluding carboxylic acids is 1. The van der Waals surface area contributed by atoms with Crippen molar-refractivity contribution in [3.63, 3.8) is 0 Å². The number of pyridine rings is 1. The van der Waals surface area contributed by atoms with E-state index >= 15 is 0 Å². The Balaban J connectivity index is 0.000000313. The van der Waals surface area contributed by atoms with Crippen LogP contribution in [0.2, 0.25) is 0 Å². The van der Waals surface area contributed by atoms with Gasteiger partial charge in [-0.05, 0) is 45.4 Å². The van der Waals surface area contributed by atoms with Crippen molar-refractivity contribution < 1.29 is 33.3 Å². The zero-order valence-electron chi connectivity index (χ0n) is 20.0. The number of carbonyl (C=O) groups is 1. The maximum Gasteiger partial charge on any atom is 0.211 e. The van der Waals surface area contributed by atoms with Crippen LogP contribution in [0.4, 0.5) is 14.5 Å². The molecule has 3 N–H and O–H groups in total. The van der Waals surface area contributed by atoms with E-state index in [1.165, 1.54) is 26.3 Å². The Morgan fingerprint density at radius 3 is 2.52 bits per heavy atom. The first-order valence-electron chi connectivity index (χ1n) is 10.7. The smallest absolute Gasteiger partial charge is 0.211 e. The fourth-order valence-electron chi connectivity index (χ4n) is 3.28. The number of hydrogen-bond acceptors (Lipinski definition) is 6. The van der Waals surface area contributed by atoms with E-state index in [1.54, 1.807) is 12.1 Å². The average Bonchev–Trinajstić information content (AvgIpc) is 3.17. The molecule has 1 aromatic carbocycles. The van der Waals surface area contributed by atoms with E-state index < -0.39 is 23.8 Å². The molecule has 33 heavy (non-hydrogen) atoms. The summed E-state index contributed by atoms with van der Waals surface area (Å²) in [6.45, 7) is 9.50. The molecule has 0 spiro atoms. The fraction of sp³-hybridized carbons (Fsp3) is 0.500. The quantitative estimate of drug-likeness (QED) is 0.551. The van der Waals surface area contributed by atoms with Crippen molar-refractivity contribution >= 4 is 12.1 Å². The predicted octanol–water partition coefficient (Wildman–Crippen LogP) is 4.13. The lowest BCUT2D eigenvalue weighted by molar-refractivity contribution is -0.105. The summed E-state index contributed by atoms with van der Waals surface area (Å²) in [5, 5.41) is 21.0. The number of halogens is 2. The molecule has 184 valence electrons. The number of nitrogens with one attached hydrogen (secondary N) is 1. The molecule has 1 aliphatic rings. The number of amides is 1. The number of aromatic nitrogens is 1. The molecule has 1 aliphatic heterocycles. The predicted molar refractivity (Wildman–Crippen MR) is 122 cm³/mol. The van der Waals surface area contributed by atoms with E-state index in [4.69, 9.17) is 14.6 Å². The van der Waals surface area contributed by atoms with Crippen LogP contribution >= 0.6 is 0 Å². The minimum Gasteiger partial charge on any atom is -0.493 e. The van der Waals surface area contributed by atoms with E-state index in [0.717, 1.165) is 12.5 Å². The summed E-state index contributed by atoms with van der Waals surface area (Å²) in [7, 11) is 1.35. The summed E-state index contributed by atoms with van der Waals surface area (Å²) < 4.78 is 37.2. The van der Waals surface area contributed by atoms with Crippen molar-refractivity contribution in [1.29, 1.82) is 0 Å². The van der Waals surface area contributed by atoms with E-state index in [0.29, 0.717) is 30.0 Å². The van der Waals surface area contributed by atoms with Crippen LogP contribution in [0.1, 0.15) is 58.2 Å². The van der Waals surface area contributed by atoms with Gasteiger partial charge in [-0.2, -0.15) is 4.39 Å². The topological polar surface area (TPSA) is 101 Å². The number of rotatable bonds is 6. The maximum atomic E-state index is 13.6. The summed E-state index contributed by atoms with van der Waals surface area (Å²) >= 11 is 0. The second kappa shape index (κ2) is 12.6. The summed E-state index contributed by atoms with van der Waals surface area (Å²) in [5.41, 5.74) is -0.0938. The molecule has 9 heteroatoms. The molecular formula is C24H34F2N2O5. The zero-order valence-corrected chi connectivity index (χ0v) is 20.0. The number of ether oxygens (including phenoxy) is 2. The standard InChI is InChI=1S/C13H16F2O2.C9H12N2O3.C2H6/c1-13(2)6-8(7-17-13)9-4-5-10(14)11(15)12(9)16-3;1-9(14,5-12)8-4-7(11-6-13)2-3-10-8;1-2/h4-5,8H,6-7H2,1-3H3;2-4,6,12,14H,5H2,1H3,(H,10,11,13);1-2H3/t;9-;/m.1./s1. The molecule has 0 aliphatic carbocycles. The monoisotopic (exact) mass is 468 g/mol. The molecule has 2 aromatic rings. The third-order valence-corrected chi connectivity index (χ3v) is 4.98. The number of benzene rings is 1. The van der Waals surface area contributed by atoms with Gasteiger partial charge in [-0.3, -0.25) is 9.78 Å². The van der Waals surface area contributed by atoms with E-state index in [2.05, 4.69) is 10.3 Å². The first kappa shape index (κ1) is 28.4. The summed E-state index contributed by atoms with van der Waals surface area (Å²) in [5.74, 6) is -1.76. The minimum atomic E-state index is -1.39. The molecule has 2 atom stereocenters. The molecule has 1 amide bonds. The highest BCUT2D eigenvalue weighted by molar-refractivity contribution is 5.71. The Hall–Kier alpha value is -2.62. The minimum absolute atomic E-state index is 0.00343. The van der Waals surface area contributed by atoms with Gasteiger partial charge in [0.2, 0.25) is 12.2 Å². The Morgan fingerprint density at radius 2 is 2.00 bits per heavy atom. The molecule has 1 fully saturated rings. The van der Waals surface area contributed by atoms with E-state index in [-0.39, 0.29) is 17.3 Å². The lowest BCUT2D eigenvalue weighted by Crippen LogP contribution is -2.27. The SMILES string of the molecule is CC.COc1c(C2COC(C)(C)C2)ccc(F)c1F.C[C@@](O)(CO)c1cc(NC=O)ccn1. The van der Waals surface area contributed by atoms with Crippen molar-refractivity contribution in [2.45, 2.75) is 58.2 Å². The van der Waals surface area contributed by atoms with Crippen molar-refractivity contribution in [3.8, 4) is 5.75 Å². The van der Waals surface area contributed by atoms with E-state index in [9.17, 15) is 18.7 Å². The van der Waals surface area contributed by atoms with Crippen LogP contribution in [0.3, 0.4) is 0 Å². The number of aliphatic hydroxyl groups excluding tert-OH is 1. The van der Waals surface area contributed by atoms with Crippen molar-refractivity contribution in [1.82, 2.24) is 4.98 Å². The molecule has 1 saturated heterocycles. The summed E-state index contributed by atoms with van der Waals surface area (Å²) in [6, 6.07) is 5.81. The molecule has 0 bridgehead atoms. The van der Waals surface area contributed by atoms with E-state index in [1.807, 2.05) is 27.7 Å². The lowest BCUT2D eigenvalue weighted by atomic mass is 9.91. The first-order valence-corrected chi connectivity index (χ1v) is 10.7. The Kier molecular flexibility index (Phi) is 10.8. The molecule has 0 saturated carbocycles. The molecule has 3 rings (SSSR count). The van der Waals surface area contributed by atoms with Crippen LogP contribution in [-0.4, -0.2) is 47.5 Å². The van der Waals surface area contributed by atoms with Gasteiger partial charge in [0, 0.05) is 23.4 Å². The van der Waals surface area contributed by atoms with Crippen LogP contribution in [0.5, 0.6) is 5.75 Å². The lowest BCUT2D eigenvalue weighted by Gasteiger charge is -2.19. The molecule has 1 unspecified atom stereocenters. The summed E-state index contributed by atoms with van der Waals surface area (Å²) in [4.78, 5) is 14.1.